The first-order valence-electron chi connectivity index (χ1n) is 5.38. The van der Waals surface area contributed by atoms with Crippen LogP contribution in [-0.4, -0.2) is 30.9 Å². The summed E-state index contributed by atoms with van der Waals surface area (Å²) in [6.07, 6.45) is 0.974. The van der Waals surface area contributed by atoms with Gasteiger partial charge in [-0.2, -0.15) is 0 Å². The SMILES string of the molecule is CCCOCCOc1ccc(Br)c(C(=O)O)c1. The van der Waals surface area contributed by atoms with E-state index < -0.39 is 5.97 Å². The Kier molecular flexibility index (Phi) is 6.00. The molecule has 0 fully saturated rings. The first-order chi connectivity index (χ1) is 8.15. The normalized spacial score (nSPS) is 10.2. The minimum Gasteiger partial charge on any atom is -0.491 e. The van der Waals surface area contributed by atoms with Gasteiger partial charge in [-0.3, -0.25) is 0 Å². The van der Waals surface area contributed by atoms with E-state index in [1.165, 1.54) is 6.07 Å². The predicted molar refractivity (Wildman–Crippen MR) is 67.7 cm³/mol. The van der Waals surface area contributed by atoms with E-state index in [0.29, 0.717) is 30.0 Å². The summed E-state index contributed by atoms with van der Waals surface area (Å²) in [5.41, 5.74) is 0.192. The lowest BCUT2D eigenvalue weighted by atomic mass is 10.2. The number of ether oxygens (including phenoxy) is 2. The molecule has 0 aliphatic carbocycles. The van der Waals surface area contributed by atoms with Crippen molar-refractivity contribution in [3.8, 4) is 5.75 Å². The fourth-order valence-corrected chi connectivity index (χ4v) is 1.64. The van der Waals surface area contributed by atoms with Gasteiger partial charge in [0.25, 0.3) is 0 Å². The minimum atomic E-state index is -0.982. The second-order valence-electron chi connectivity index (χ2n) is 3.41. The number of aromatic carboxylic acids is 1. The number of hydrogen-bond donors (Lipinski definition) is 1. The number of carboxylic acids is 1. The summed E-state index contributed by atoms with van der Waals surface area (Å²) < 4.78 is 11.2. The summed E-state index contributed by atoms with van der Waals surface area (Å²) in [6.45, 7) is 3.67. The Balaban J connectivity index is 2.49. The molecule has 0 atom stereocenters. The average Bonchev–Trinajstić information content (AvgIpc) is 2.30. The van der Waals surface area contributed by atoms with Crippen LogP contribution >= 0.6 is 15.9 Å². The van der Waals surface area contributed by atoms with Crippen molar-refractivity contribution in [2.24, 2.45) is 0 Å². The zero-order valence-electron chi connectivity index (χ0n) is 9.61. The molecule has 1 rings (SSSR count). The highest BCUT2D eigenvalue weighted by Gasteiger charge is 2.09. The Hall–Kier alpha value is -1.07. The minimum absolute atomic E-state index is 0.192. The molecule has 4 nitrogen and oxygen atoms in total. The Labute approximate surface area is 109 Å². The summed E-state index contributed by atoms with van der Waals surface area (Å²) in [7, 11) is 0. The van der Waals surface area contributed by atoms with Gasteiger partial charge in [0.05, 0.1) is 12.2 Å². The highest BCUT2D eigenvalue weighted by molar-refractivity contribution is 9.10. The Morgan fingerprint density at radius 1 is 1.35 bits per heavy atom. The van der Waals surface area contributed by atoms with E-state index in [0.717, 1.165) is 6.42 Å². The molecule has 0 spiro atoms. The van der Waals surface area contributed by atoms with Gasteiger partial charge in [0.1, 0.15) is 12.4 Å². The van der Waals surface area contributed by atoms with E-state index in [2.05, 4.69) is 15.9 Å². The van der Waals surface area contributed by atoms with Crippen LogP contribution in [0.15, 0.2) is 22.7 Å². The third kappa shape index (κ3) is 4.75. The molecule has 94 valence electrons. The van der Waals surface area contributed by atoms with Crippen LogP contribution in [0.5, 0.6) is 5.75 Å². The van der Waals surface area contributed by atoms with Crippen LogP contribution in [0.4, 0.5) is 0 Å². The maximum Gasteiger partial charge on any atom is 0.336 e. The zero-order valence-corrected chi connectivity index (χ0v) is 11.2. The molecule has 0 aromatic heterocycles. The van der Waals surface area contributed by atoms with Gasteiger partial charge in [0.2, 0.25) is 0 Å². The van der Waals surface area contributed by atoms with Gasteiger partial charge in [-0.1, -0.05) is 6.92 Å². The Bertz CT molecular complexity index is 379. The van der Waals surface area contributed by atoms with Crippen LogP contribution < -0.4 is 4.74 Å². The van der Waals surface area contributed by atoms with Crippen molar-refractivity contribution in [3.05, 3.63) is 28.2 Å². The van der Waals surface area contributed by atoms with Crippen LogP contribution in [0.2, 0.25) is 0 Å². The lowest BCUT2D eigenvalue weighted by Crippen LogP contribution is -2.07. The molecule has 0 radical (unpaired) electrons. The fraction of sp³-hybridized carbons (Fsp3) is 0.417. The molecule has 0 heterocycles. The van der Waals surface area contributed by atoms with Gasteiger partial charge in [0, 0.05) is 11.1 Å². The van der Waals surface area contributed by atoms with Gasteiger partial charge >= 0.3 is 5.97 Å². The maximum atomic E-state index is 10.9. The van der Waals surface area contributed by atoms with Crippen LogP contribution in [-0.2, 0) is 4.74 Å². The molecular weight excluding hydrogens is 288 g/mol. The van der Waals surface area contributed by atoms with Crippen molar-refractivity contribution in [1.82, 2.24) is 0 Å². The molecule has 0 amide bonds. The van der Waals surface area contributed by atoms with Crippen LogP contribution in [0.1, 0.15) is 23.7 Å². The molecule has 0 bridgehead atoms. The summed E-state index contributed by atoms with van der Waals surface area (Å²) in [4.78, 5) is 10.9. The third-order valence-electron chi connectivity index (χ3n) is 2.01. The highest BCUT2D eigenvalue weighted by atomic mass is 79.9. The van der Waals surface area contributed by atoms with Crippen molar-refractivity contribution >= 4 is 21.9 Å². The first-order valence-corrected chi connectivity index (χ1v) is 6.18. The molecule has 0 unspecified atom stereocenters. The second kappa shape index (κ2) is 7.29. The fourth-order valence-electron chi connectivity index (χ4n) is 1.22. The quantitative estimate of drug-likeness (QED) is 0.787. The number of benzene rings is 1. The van der Waals surface area contributed by atoms with E-state index in [9.17, 15) is 4.79 Å². The van der Waals surface area contributed by atoms with Gasteiger partial charge < -0.3 is 14.6 Å². The maximum absolute atomic E-state index is 10.9. The van der Waals surface area contributed by atoms with E-state index >= 15 is 0 Å². The summed E-state index contributed by atoms with van der Waals surface area (Å²) in [5, 5.41) is 8.92. The highest BCUT2D eigenvalue weighted by Crippen LogP contribution is 2.22. The van der Waals surface area contributed by atoms with E-state index in [-0.39, 0.29) is 5.56 Å². The first kappa shape index (κ1) is 14.0. The zero-order chi connectivity index (χ0) is 12.7. The molecular formula is C12H15BrO4. The smallest absolute Gasteiger partial charge is 0.336 e. The van der Waals surface area contributed by atoms with Crippen LogP contribution in [0.3, 0.4) is 0 Å². The molecule has 0 saturated heterocycles. The van der Waals surface area contributed by atoms with Crippen molar-refractivity contribution < 1.29 is 19.4 Å². The largest absolute Gasteiger partial charge is 0.491 e. The lowest BCUT2D eigenvalue weighted by Gasteiger charge is -2.08. The van der Waals surface area contributed by atoms with Gasteiger partial charge in [-0.15, -0.1) is 0 Å². The number of carboxylic acid groups (broad SMARTS) is 1. The second-order valence-corrected chi connectivity index (χ2v) is 4.26. The molecule has 1 aromatic carbocycles. The van der Waals surface area contributed by atoms with E-state index in [1.807, 2.05) is 6.92 Å². The molecule has 0 aliphatic rings. The summed E-state index contributed by atoms with van der Waals surface area (Å²) in [6, 6.07) is 4.87. The van der Waals surface area contributed by atoms with Crippen molar-refractivity contribution in [2.45, 2.75) is 13.3 Å². The summed E-state index contributed by atoms with van der Waals surface area (Å²) >= 11 is 3.17. The Morgan fingerprint density at radius 2 is 2.12 bits per heavy atom. The Morgan fingerprint density at radius 3 is 2.76 bits per heavy atom. The summed E-state index contributed by atoms with van der Waals surface area (Å²) in [5.74, 6) is -0.449. The van der Waals surface area contributed by atoms with E-state index in [4.69, 9.17) is 14.6 Å². The molecule has 1 N–H and O–H groups in total. The topological polar surface area (TPSA) is 55.8 Å². The van der Waals surface area contributed by atoms with Crippen molar-refractivity contribution in [3.63, 3.8) is 0 Å². The monoisotopic (exact) mass is 302 g/mol. The van der Waals surface area contributed by atoms with Crippen molar-refractivity contribution in [2.75, 3.05) is 19.8 Å². The van der Waals surface area contributed by atoms with Gasteiger partial charge in [-0.05, 0) is 40.5 Å². The predicted octanol–water partition coefficient (Wildman–Crippen LogP) is 2.95. The van der Waals surface area contributed by atoms with Crippen molar-refractivity contribution in [1.29, 1.82) is 0 Å². The number of carbonyl (C=O) groups is 1. The van der Waals surface area contributed by atoms with E-state index in [1.54, 1.807) is 12.1 Å². The molecule has 17 heavy (non-hydrogen) atoms. The van der Waals surface area contributed by atoms with Gasteiger partial charge in [-0.25, -0.2) is 4.79 Å². The molecule has 1 aromatic rings. The van der Waals surface area contributed by atoms with Crippen LogP contribution in [0, 0.1) is 0 Å². The molecule has 0 saturated carbocycles. The number of halogens is 1. The number of hydrogen-bond acceptors (Lipinski definition) is 3. The average molecular weight is 303 g/mol. The molecule has 5 heteroatoms. The third-order valence-corrected chi connectivity index (χ3v) is 2.70. The molecule has 0 aliphatic heterocycles. The van der Waals surface area contributed by atoms with Crippen LogP contribution in [0.25, 0.3) is 0 Å². The standard InChI is InChI=1S/C12H15BrO4/c1-2-5-16-6-7-17-9-3-4-11(13)10(8-9)12(14)15/h3-4,8H,2,5-7H2,1H3,(H,14,15). The lowest BCUT2D eigenvalue weighted by molar-refractivity contribution is 0.0695. The van der Waals surface area contributed by atoms with Gasteiger partial charge in [0.15, 0.2) is 0 Å². The number of rotatable bonds is 7.